The minimum atomic E-state index is 0.658. The minimum Gasteiger partial charge on any atom is -0.327 e. The van der Waals surface area contributed by atoms with Crippen LogP contribution in [0.4, 0.5) is 0 Å². The van der Waals surface area contributed by atoms with E-state index in [1.54, 1.807) is 0 Å². The first-order chi connectivity index (χ1) is 6.43. The molecule has 1 nitrogen and oxygen atoms in total. The molecule has 0 aliphatic carbocycles. The van der Waals surface area contributed by atoms with Gasteiger partial charge in [-0.2, -0.15) is 0 Å². The van der Waals surface area contributed by atoms with Gasteiger partial charge in [-0.25, -0.2) is 0 Å². The summed E-state index contributed by atoms with van der Waals surface area (Å²) in [6.45, 7) is 0.658. The second kappa shape index (κ2) is 6.44. The molecular weight excluding hydrogens is 158 g/mol. The van der Waals surface area contributed by atoms with Gasteiger partial charge in [-0.15, -0.1) is 0 Å². The normalized spacial score (nSPS) is 10.8. The first kappa shape index (κ1) is 10.0. The molecule has 0 atom stereocenters. The molecule has 0 fully saturated rings. The van der Waals surface area contributed by atoms with Crippen molar-refractivity contribution in [1.82, 2.24) is 0 Å². The fourth-order valence-electron chi connectivity index (χ4n) is 1.28. The van der Waals surface area contributed by atoms with Gasteiger partial charge < -0.3 is 5.73 Å². The van der Waals surface area contributed by atoms with Crippen molar-refractivity contribution in [2.75, 3.05) is 6.54 Å². The largest absolute Gasteiger partial charge is 0.327 e. The van der Waals surface area contributed by atoms with Gasteiger partial charge in [0.05, 0.1) is 0 Å². The molecule has 1 heteroatoms. The van der Waals surface area contributed by atoms with E-state index in [-0.39, 0.29) is 0 Å². The summed E-state index contributed by atoms with van der Waals surface area (Å²) in [4.78, 5) is 0. The van der Waals surface area contributed by atoms with E-state index < -0.39 is 0 Å². The van der Waals surface area contributed by atoms with Gasteiger partial charge in [0.2, 0.25) is 0 Å². The lowest BCUT2D eigenvalue weighted by atomic mass is 10.1. The van der Waals surface area contributed by atoms with Crippen LogP contribution < -0.4 is 5.73 Å². The van der Waals surface area contributed by atoms with Crippen LogP contribution in [0, 0.1) is 0 Å². The van der Waals surface area contributed by atoms with Crippen LogP contribution in [0.5, 0.6) is 0 Å². The summed E-state index contributed by atoms with van der Waals surface area (Å²) in [5, 5.41) is 0. The van der Waals surface area contributed by atoms with E-state index in [2.05, 4.69) is 36.4 Å². The Labute approximate surface area is 80.3 Å². The Morgan fingerprint density at radius 1 is 1.08 bits per heavy atom. The quantitative estimate of drug-likeness (QED) is 0.540. The number of hydrogen-bond donors (Lipinski definition) is 1. The highest BCUT2D eigenvalue weighted by atomic mass is 14.5. The average Bonchev–Trinajstić information content (AvgIpc) is 2.19. The molecule has 1 aromatic rings. The predicted molar refractivity (Wildman–Crippen MR) is 57.6 cm³/mol. The number of allylic oxidation sites excluding steroid dienone is 1. The molecule has 0 heterocycles. The third-order valence-corrected chi connectivity index (χ3v) is 1.98. The first-order valence-corrected chi connectivity index (χ1v) is 4.82. The Kier molecular flexibility index (Phi) is 4.95. The van der Waals surface area contributed by atoms with Crippen LogP contribution in [-0.4, -0.2) is 6.54 Å². The van der Waals surface area contributed by atoms with E-state index in [9.17, 15) is 0 Å². The van der Waals surface area contributed by atoms with Gasteiger partial charge in [-0.1, -0.05) is 42.5 Å². The second-order valence-electron chi connectivity index (χ2n) is 3.08. The zero-order valence-electron chi connectivity index (χ0n) is 7.95. The van der Waals surface area contributed by atoms with Crippen molar-refractivity contribution < 1.29 is 0 Å². The fourth-order valence-corrected chi connectivity index (χ4v) is 1.28. The number of aryl methyl sites for hydroxylation is 1. The Morgan fingerprint density at radius 2 is 1.85 bits per heavy atom. The molecule has 1 aromatic carbocycles. The second-order valence-corrected chi connectivity index (χ2v) is 3.08. The lowest BCUT2D eigenvalue weighted by Crippen LogP contribution is -1.92. The van der Waals surface area contributed by atoms with Crippen molar-refractivity contribution in [1.29, 1.82) is 0 Å². The van der Waals surface area contributed by atoms with Crippen molar-refractivity contribution in [3.05, 3.63) is 48.0 Å². The molecular formula is C12H17N. The number of benzene rings is 1. The summed E-state index contributed by atoms with van der Waals surface area (Å²) in [6.07, 6.45) is 7.68. The molecule has 0 aliphatic heterocycles. The van der Waals surface area contributed by atoms with Crippen molar-refractivity contribution in [3.63, 3.8) is 0 Å². The summed E-state index contributed by atoms with van der Waals surface area (Å²) in [7, 11) is 0. The van der Waals surface area contributed by atoms with Gasteiger partial charge in [0, 0.05) is 6.54 Å². The summed E-state index contributed by atoms with van der Waals surface area (Å²) >= 11 is 0. The van der Waals surface area contributed by atoms with Gasteiger partial charge >= 0.3 is 0 Å². The molecule has 0 amide bonds. The lowest BCUT2D eigenvalue weighted by Gasteiger charge is -1.97. The molecule has 13 heavy (non-hydrogen) atoms. The lowest BCUT2D eigenvalue weighted by molar-refractivity contribution is 0.841. The summed E-state index contributed by atoms with van der Waals surface area (Å²) in [6, 6.07) is 10.6. The van der Waals surface area contributed by atoms with Gasteiger partial charge in [-0.3, -0.25) is 0 Å². The molecule has 0 saturated carbocycles. The number of unbranched alkanes of at least 4 members (excludes halogenated alkanes) is 1. The Hall–Kier alpha value is -1.08. The minimum absolute atomic E-state index is 0.658. The zero-order chi connectivity index (χ0) is 9.36. The highest BCUT2D eigenvalue weighted by Gasteiger charge is 1.88. The van der Waals surface area contributed by atoms with Gasteiger partial charge in [0.25, 0.3) is 0 Å². The summed E-state index contributed by atoms with van der Waals surface area (Å²) in [5.41, 5.74) is 6.76. The third-order valence-electron chi connectivity index (χ3n) is 1.98. The van der Waals surface area contributed by atoms with E-state index in [1.807, 2.05) is 6.08 Å². The Bertz CT molecular complexity index is 239. The van der Waals surface area contributed by atoms with Crippen molar-refractivity contribution in [2.45, 2.75) is 19.3 Å². The molecule has 1 rings (SSSR count). The molecule has 0 saturated heterocycles. The first-order valence-electron chi connectivity index (χ1n) is 4.82. The molecule has 0 unspecified atom stereocenters. The van der Waals surface area contributed by atoms with Crippen LogP contribution in [0.1, 0.15) is 18.4 Å². The van der Waals surface area contributed by atoms with Crippen LogP contribution in [0.25, 0.3) is 0 Å². The van der Waals surface area contributed by atoms with E-state index in [1.165, 1.54) is 12.0 Å². The molecule has 2 N–H and O–H groups in total. The van der Waals surface area contributed by atoms with Crippen LogP contribution in [0.3, 0.4) is 0 Å². The highest BCUT2D eigenvalue weighted by molar-refractivity contribution is 5.14. The third kappa shape index (κ3) is 4.48. The van der Waals surface area contributed by atoms with Gasteiger partial charge in [0.1, 0.15) is 0 Å². The monoisotopic (exact) mass is 175 g/mol. The number of rotatable bonds is 5. The SMILES string of the molecule is NCC=CCCCc1ccccc1. The van der Waals surface area contributed by atoms with Crippen molar-refractivity contribution in [3.8, 4) is 0 Å². The maximum absolute atomic E-state index is 5.34. The van der Waals surface area contributed by atoms with Crippen LogP contribution in [-0.2, 0) is 6.42 Å². The summed E-state index contributed by atoms with van der Waals surface area (Å²) < 4.78 is 0. The van der Waals surface area contributed by atoms with E-state index in [0.717, 1.165) is 12.8 Å². The molecule has 0 spiro atoms. The fraction of sp³-hybridized carbons (Fsp3) is 0.333. The average molecular weight is 175 g/mol. The molecule has 0 bridgehead atoms. The van der Waals surface area contributed by atoms with Gasteiger partial charge in [-0.05, 0) is 24.8 Å². The van der Waals surface area contributed by atoms with E-state index >= 15 is 0 Å². The van der Waals surface area contributed by atoms with E-state index in [4.69, 9.17) is 5.73 Å². The Morgan fingerprint density at radius 3 is 2.54 bits per heavy atom. The topological polar surface area (TPSA) is 26.0 Å². The molecule has 0 radical (unpaired) electrons. The standard InChI is InChI=1S/C12H17N/c13-11-7-2-1-4-8-12-9-5-3-6-10-12/h2-3,5-7,9-10H,1,4,8,11,13H2. The Balaban J connectivity index is 2.17. The van der Waals surface area contributed by atoms with Crippen molar-refractivity contribution >= 4 is 0 Å². The maximum atomic E-state index is 5.34. The van der Waals surface area contributed by atoms with Gasteiger partial charge in [0.15, 0.2) is 0 Å². The molecule has 0 aromatic heterocycles. The van der Waals surface area contributed by atoms with Crippen LogP contribution in [0.15, 0.2) is 42.5 Å². The van der Waals surface area contributed by atoms with Crippen LogP contribution in [0.2, 0.25) is 0 Å². The smallest absolute Gasteiger partial charge is 0.0106 e. The highest BCUT2D eigenvalue weighted by Crippen LogP contribution is 2.04. The van der Waals surface area contributed by atoms with E-state index in [0.29, 0.717) is 6.54 Å². The van der Waals surface area contributed by atoms with Crippen molar-refractivity contribution in [2.24, 2.45) is 5.73 Å². The molecule has 70 valence electrons. The maximum Gasteiger partial charge on any atom is 0.0106 e. The summed E-state index contributed by atoms with van der Waals surface area (Å²) in [5.74, 6) is 0. The predicted octanol–water partition coefficient (Wildman–Crippen LogP) is 2.52. The number of hydrogen-bond acceptors (Lipinski definition) is 1. The zero-order valence-corrected chi connectivity index (χ0v) is 7.95. The van der Waals surface area contributed by atoms with Crippen LogP contribution >= 0.6 is 0 Å². The number of nitrogens with two attached hydrogens (primary N) is 1. The molecule has 0 aliphatic rings.